The SMILES string of the molecule is CC(C)CC(C)O.COC(C)(C)C. The molecular weight excluding hydrogens is 164 g/mol. The van der Waals surface area contributed by atoms with Crippen LogP contribution in [-0.4, -0.2) is 23.9 Å². The number of hydrogen-bond donors (Lipinski definition) is 1. The summed E-state index contributed by atoms with van der Waals surface area (Å²) in [7, 11) is 1.71. The van der Waals surface area contributed by atoms with Gasteiger partial charge in [0.1, 0.15) is 0 Å². The smallest absolute Gasteiger partial charge is 0.0594 e. The number of hydrogen-bond acceptors (Lipinski definition) is 2. The number of aliphatic hydroxyl groups is 1. The summed E-state index contributed by atoms with van der Waals surface area (Å²) in [5, 5.41) is 8.72. The third-order valence-electron chi connectivity index (χ3n) is 1.42. The molecule has 0 aliphatic carbocycles. The molecule has 0 bridgehead atoms. The Balaban J connectivity index is 0. The van der Waals surface area contributed by atoms with Crippen molar-refractivity contribution in [2.75, 3.05) is 7.11 Å². The minimum Gasteiger partial charge on any atom is -0.393 e. The van der Waals surface area contributed by atoms with E-state index in [1.807, 2.05) is 27.7 Å². The molecule has 0 radical (unpaired) electrons. The van der Waals surface area contributed by atoms with Gasteiger partial charge in [-0.15, -0.1) is 0 Å². The maximum atomic E-state index is 8.72. The van der Waals surface area contributed by atoms with Gasteiger partial charge in [-0.25, -0.2) is 0 Å². The molecule has 0 aromatic heterocycles. The third kappa shape index (κ3) is 24.5. The molecule has 1 unspecified atom stereocenters. The van der Waals surface area contributed by atoms with E-state index in [1.165, 1.54) is 0 Å². The van der Waals surface area contributed by atoms with Gasteiger partial charge in [0.05, 0.1) is 11.7 Å². The first kappa shape index (κ1) is 15.4. The second kappa shape index (κ2) is 7.34. The molecule has 82 valence electrons. The first-order valence-corrected chi connectivity index (χ1v) is 4.92. The molecular formula is C11H26O2. The summed E-state index contributed by atoms with van der Waals surface area (Å²) in [5.41, 5.74) is 0.0417. The fraction of sp³-hybridized carbons (Fsp3) is 1.00. The Morgan fingerprint density at radius 2 is 1.46 bits per heavy atom. The summed E-state index contributed by atoms with van der Waals surface area (Å²) in [4.78, 5) is 0. The Hall–Kier alpha value is -0.0800. The molecule has 0 saturated carbocycles. The van der Waals surface area contributed by atoms with E-state index < -0.39 is 0 Å². The summed E-state index contributed by atoms with van der Waals surface area (Å²) in [6.07, 6.45) is 0.792. The van der Waals surface area contributed by atoms with E-state index in [2.05, 4.69) is 13.8 Å². The Kier molecular flexibility index (Phi) is 8.69. The molecule has 0 spiro atoms. The van der Waals surface area contributed by atoms with Crippen LogP contribution in [0, 0.1) is 5.92 Å². The van der Waals surface area contributed by atoms with Crippen molar-refractivity contribution in [1.29, 1.82) is 0 Å². The number of rotatable bonds is 2. The second-order valence-corrected chi connectivity index (χ2v) is 4.80. The highest BCUT2D eigenvalue weighted by Gasteiger charge is 2.04. The topological polar surface area (TPSA) is 29.5 Å². The quantitative estimate of drug-likeness (QED) is 0.725. The third-order valence-corrected chi connectivity index (χ3v) is 1.42. The van der Waals surface area contributed by atoms with E-state index in [4.69, 9.17) is 9.84 Å². The van der Waals surface area contributed by atoms with Crippen LogP contribution in [0.1, 0.15) is 48.0 Å². The van der Waals surface area contributed by atoms with Gasteiger partial charge in [0, 0.05) is 7.11 Å². The number of ether oxygens (including phenoxy) is 1. The molecule has 0 aromatic rings. The fourth-order valence-corrected chi connectivity index (χ4v) is 0.682. The van der Waals surface area contributed by atoms with Crippen molar-refractivity contribution in [3.05, 3.63) is 0 Å². The lowest BCUT2D eigenvalue weighted by atomic mass is 10.1. The van der Waals surface area contributed by atoms with Gasteiger partial charge in [0.2, 0.25) is 0 Å². The second-order valence-electron chi connectivity index (χ2n) is 4.80. The Morgan fingerprint density at radius 3 is 1.46 bits per heavy atom. The minimum atomic E-state index is -0.125. The van der Waals surface area contributed by atoms with Gasteiger partial charge in [-0.05, 0) is 40.0 Å². The predicted octanol–water partition coefficient (Wildman–Crippen LogP) is 2.84. The zero-order valence-corrected chi connectivity index (χ0v) is 10.2. The number of aliphatic hydroxyl groups excluding tert-OH is 1. The molecule has 0 aliphatic heterocycles. The van der Waals surface area contributed by atoms with Gasteiger partial charge in [-0.2, -0.15) is 0 Å². The molecule has 0 aromatic carbocycles. The van der Waals surface area contributed by atoms with Crippen LogP contribution in [0.3, 0.4) is 0 Å². The molecule has 0 saturated heterocycles. The fourth-order valence-electron chi connectivity index (χ4n) is 0.682. The molecule has 0 rings (SSSR count). The van der Waals surface area contributed by atoms with Crippen molar-refractivity contribution < 1.29 is 9.84 Å². The van der Waals surface area contributed by atoms with Crippen LogP contribution >= 0.6 is 0 Å². The van der Waals surface area contributed by atoms with Gasteiger partial charge >= 0.3 is 0 Å². The Morgan fingerprint density at radius 1 is 1.15 bits per heavy atom. The first-order valence-electron chi connectivity index (χ1n) is 4.92. The largest absolute Gasteiger partial charge is 0.393 e. The molecule has 0 amide bonds. The monoisotopic (exact) mass is 190 g/mol. The normalized spacial score (nSPS) is 13.6. The van der Waals surface area contributed by atoms with Gasteiger partial charge < -0.3 is 9.84 Å². The van der Waals surface area contributed by atoms with Crippen LogP contribution in [-0.2, 0) is 4.74 Å². The summed E-state index contributed by atoms with van der Waals surface area (Å²) in [6, 6.07) is 0. The number of methoxy groups -OCH3 is 1. The average molecular weight is 190 g/mol. The van der Waals surface area contributed by atoms with Crippen LogP contribution in [0.4, 0.5) is 0 Å². The Bertz CT molecular complexity index is 95.1. The van der Waals surface area contributed by atoms with Crippen molar-refractivity contribution in [3.8, 4) is 0 Å². The van der Waals surface area contributed by atoms with E-state index in [0.29, 0.717) is 5.92 Å². The van der Waals surface area contributed by atoms with E-state index in [9.17, 15) is 0 Å². The highest BCUT2D eigenvalue weighted by molar-refractivity contribution is 4.55. The van der Waals surface area contributed by atoms with Crippen LogP contribution < -0.4 is 0 Å². The van der Waals surface area contributed by atoms with Crippen molar-refractivity contribution in [1.82, 2.24) is 0 Å². The van der Waals surface area contributed by atoms with Gasteiger partial charge in [0.25, 0.3) is 0 Å². The van der Waals surface area contributed by atoms with Gasteiger partial charge in [-0.1, -0.05) is 13.8 Å². The van der Waals surface area contributed by atoms with E-state index >= 15 is 0 Å². The summed E-state index contributed by atoms with van der Waals surface area (Å²) >= 11 is 0. The van der Waals surface area contributed by atoms with Crippen molar-refractivity contribution in [2.24, 2.45) is 5.92 Å². The lowest BCUT2D eigenvalue weighted by Crippen LogP contribution is -2.15. The summed E-state index contributed by atoms with van der Waals surface area (Å²) in [6.45, 7) is 12.1. The molecule has 1 atom stereocenters. The van der Waals surface area contributed by atoms with E-state index in [1.54, 1.807) is 7.11 Å². The lowest BCUT2D eigenvalue weighted by Gasteiger charge is -2.14. The van der Waals surface area contributed by atoms with Gasteiger partial charge in [-0.3, -0.25) is 0 Å². The summed E-state index contributed by atoms with van der Waals surface area (Å²) in [5.74, 6) is 0.625. The molecule has 2 heteroatoms. The highest BCUT2D eigenvalue weighted by Crippen LogP contribution is 2.02. The zero-order valence-electron chi connectivity index (χ0n) is 10.2. The predicted molar refractivity (Wildman–Crippen MR) is 57.9 cm³/mol. The van der Waals surface area contributed by atoms with Gasteiger partial charge in [0.15, 0.2) is 0 Å². The van der Waals surface area contributed by atoms with E-state index in [0.717, 1.165) is 6.42 Å². The van der Waals surface area contributed by atoms with Crippen LogP contribution in [0.15, 0.2) is 0 Å². The summed E-state index contributed by atoms with van der Waals surface area (Å²) < 4.78 is 4.94. The van der Waals surface area contributed by atoms with Crippen LogP contribution in [0.5, 0.6) is 0 Å². The molecule has 0 aliphatic rings. The zero-order chi connectivity index (χ0) is 11.1. The lowest BCUT2D eigenvalue weighted by molar-refractivity contribution is 0.0397. The van der Waals surface area contributed by atoms with Crippen molar-refractivity contribution in [2.45, 2.75) is 59.7 Å². The van der Waals surface area contributed by atoms with Crippen LogP contribution in [0.25, 0.3) is 0 Å². The Labute approximate surface area is 83.3 Å². The standard InChI is InChI=1S/C6H14O.C5H12O/c1-5(2)4-6(3)7;1-5(2,3)6-4/h5-7H,4H2,1-3H3;1-4H3. The first-order chi connectivity index (χ1) is 5.69. The van der Waals surface area contributed by atoms with Crippen molar-refractivity contribution in [3.63, 3.8) is 0 Å². The molecule has 0 heterocycles. The molecule has 13 heavy (non-hydrogen) atoms. The maximum absolute atomic E-state index is 8.72. The highest BCUT2D eigenvalue weighted by atomic mass is 16.5. The minimum absolute atomic E-state index is 0.0417. The molecule has 2 nitrogen and oxygen atoms in total. The van der Waals surface area contributed by atoms with Crippen molar-refractivity contribution >= 4 is 0 Å². The molecule has 0 fully saturated rings. The maximum Gasteiger partial charge on any atom is 0.0594 e. The van der Waals surface area contributed by atoms with Crippen LogP contribution in [0.2, 0.25) is 0 Å². The van der Waals surface area contributed by atoms with E-state index in [-0.39, 0.29) is 11.7 Å². The molecule has 1 N–H and O–H groups in total. The average Bonchev–Trinajstić information content (AvgIpc) is 1.84.